The van der Waals surface area contributed by atoms with Crippen molar-refractivity contribution in [1.29, 1.82) is 0 Å². The van der Waals surface area contributed by atoms with Gasteiger partial charge in [0.25, 0.3) is 0 Å². The Kier molecular flexibility index (Phi) is 4.23. The number of rotatable bonds is 5. The highest BCUT2D eigenvalue weighted by atomic mass is 16.3. The first-order valence-electron chi connectivity index (χ1n) is 6.93. The molecular formula is C15H24N2O. The summed E-state index contributed by atoms with van der Waals surface area (Å²) in [7, 11) is 2.10. The van der Waals surface area contributed by atoms with Crippen LogP contribution in [0.15, 0.2) is 12.1 Å². The molecule has 1 saturated carbocycles. The molecule has 0 aliphatic heterocycles. The van der Waals surface area contributed by atoms with Crippen molar-refractivity contribution in [2.24, 2.45) is 5.92 Å². The van der Waals surface area contributed by atoms with Gasteiger partial charge in [-0.05, 0) is 42.4 Å². The van der Waals surface area contributed by atoms with E-state index in [1.165, 1.54) is 19.3 Å². The monoisotopic (exact) mass is 248 g/mol. The fourth-order valence-electron chi connectivity index (χ4n) is 2.33. The molecule has 18 heavy (non-hydrogen) atoms. The Morgan fingerprint density at radius 3 is 2.61 bits per heavy atom. The van der Waals surface area contributed by atoms with Gasteiger partial charge in [0.1, 0.15) is 5.82 Å². The highest BCUT2D eigenvalue weighted by Crippen LogP contribution is 2.28. The Morgan fingerprint density at radius 1 is 1.39 bits per heavy atom. The van der Waals surface area contributed by atoms with E-state index in [-0.39, 0.29) is 6.61 Å². The van der Waals surface area contributed by atoms with Crippen LogP contribution >= 0.6 is 0 Å². The van der Waals surface area contributed by atoms with Crippen LogP contribution in [0.5, 0.6) is 0 Å². The molecule has 3 heteroatoms. The highest BCUT2D eigenvalue weighted by Gasteiger charge is 2.20. The van der Waals surface area contributed by atoms with Crippen LogP contribution in [0.1, 0.15) is 50.3 Å². The van der Waals surface area contributed by atoms with Crippen molar-refractivity contribution in [2.45, 2.75) is 45.6 Å². The molecular weight excluding hydrogens is 224 g/mol. The highest BCUT2D eigenvalue weighted by molar-refractivity contribution is 5.42. The lowest BCUT2D eigenvalue weighted by Crippen LogP contribution is -2.30. The van der Waals surface area contributed by atoms with Gasteiger partial charge < -0.3 is 10.0 Å². The van der Waals surface area contributed by atoms with E-state index in [2.05, 4.69) is 25.8 Å². The molecule has 1 aromatic heterocycles. The van der Waals surface area contributed by atoms with Crippen molar-refractivity contribution in [3.05, 3.63) is 23.4 Å². The quantitative estimate of drug-likeness (QED) is 0.870. The first-order chi connectivity index (χ1) is 8.60. The summed E-state index contributed by atoms with van der Waals surface area (Å²) in [4.78, 5) is 6.94. The lowest BCUT2D eigenvalue weighted by molar-refractivity contribution is 0.281. The molecule has 1 aliphatic rings. The lowest BCUT2D eigenvalue weighted by atomic mass is 9.85. The standard InChI is InChI=1S/C15H24N2O/c1-11(2)14-7-13(10-18)8-15(16-14)17(3)9-12-5-4-6-12/h7-8,11-12,18H,4-6,9-10H2,1-3H3. The molecule has 0 radical (unpaired) electrons. The number of nitrogens with zero attached hydrogens (tertiary/aromatic N) is 2. The zero-order chi connectivity index (χ0) is 13.1. The van der Waals surface area contributed by atoms with E-state index in [4.69, 9.17) is 4.98 Å². The molecule has 1 aromatic rings. The second-order valence-corrected chi connectivity index (χ2v) is 5.75. The van der Waals surface area contributed by atoms with Gasteiger partial charge >= 0.3 is 0 Å². The largest absolute Gasteiger partial charge is 0.392 e. The summed E-state index contributed by atoms with van der Waals surface area (Å²) in [5, 5.41) is 9.34. The molecule has 0 saturated heterocycles. The van der Waals surface area contributed by atoms with Crippen LogP contribution in [0.4, 0.5) is 5.82 Å². The maximum atomic E-state index is 9.34. The average Bonchev–Trinajstić information content (AvgIpc) is 2.32. The third-order valence-corrected chi connectivity index (χ3v) is 3.81. The maximum absolute atomic E-state index is 9.34. The summed E-state index contributed by atoms with van der Waals surface area (Å²) in [6.07, 6.45) is 4.07. The van der Waals surface area contributed by atoms with Crippen LogP contribution in [0.2, 0.25) is 0 Å². The topological polar surface area (TPSA) is 36.4 Å². The molecule has 0 spiro atoms. The number of aliphatic hydroxyl groups excluding tert-OH is 1. The number of hydrogen-bond donors (Lipinski definition) is 1. The Labute approximate surface area is 110 Å². The summed E-state index contributed by atoms with van der Waals surface area (Å²) in [6.45, 7) is 5.45. The maximum Gasteiger partial charge on any atom is 0.128 e. The Hall–Kier alpha value is -1.09. The molecule has 2 rings (SSSR count). The number of hydrogen-bond acceptors (Lipinski definition) is 3. The fourth-order valence-corrected chi connectivity index (χ4v) is 2.33. The summed E-state index contributed by atoms with van der Waals surface area (Å²) in [5.74, 6) is 2.22. The van der Waals surface area contributed by atoms with Crippen LogP contribution in [-0.2, 0) is 6.61 Å². The first kappa shape index (κ1) is 13.3. The molecule has 1 N–H and O–H groups in total. The van der Waals surface area contributed by atoms with Gasteiger partial charge in [0.05, 0.1) is 6.61 Å². The molecule has 1 fully saturated rings. The van der Waals surface area contributed by atoms with Gasteiger partial charge in [-0.2, -0.15) is 0 Å². The summed E-state index contributed by atoms with van der Waals surface area (Å²) < 4.78 is 0. The van der Waals surface area contributed by atoms with Crippen molar-refractivity contribution in [1.82, 2.24) is 4.98 Å². The van der Waals surface area contributed by atoms with E-state index in [1.807, 2.05) is 12.1 Å². The SMILES string of the molecule is CC(C)c1cc(CO)cc(N(C)CC2CCC2)n1. The minimum Gasteiger partial charge on any atom is -0.392 e. The molecule has 0 bridgehead atoms. The zero-order valence-corrected chi connectivity index (χ0v) is 11.7. The first-order valence-corrected chi connectivity index (χ1v) is 6.93. The van der Waals surface area contributed by atoms with E-state index in [0.29, 0.717) is 5.92 Å². The predicted octanol–water partition coefficient (Wildman–Crippen LogP) is 2.93. The lowest BCUT2D eigenvalue weighted by Gasteiger charge is -2.31. The second kappa shape index (κ2) is 5.70. The summed E-state index contributed by atoms with van der Waals surface area (Å²) in [6, 6.07) is 4.01. The van der Waals surface area contributed by atoms with E-state index in [0.717, 1.165) is 29.5 Å². The summed E-state index contributed by atoms with van der Waals surface area (Å²) in [5.41, 5.74) is 2.03. The van der Waals surface area contributed by atoms with Crippen LogP contribution in [0, 0.1) is 5.92 Å². The van der Waals surface area contributed by atoms with Gasteiger partial charge in [0.15, 0.2) is 0 Å². The molecule has 0 atom stereocenters. The van der Waals surface area contributed by atoms with Gasteiger partial charge in [0.2, 0.25) is 0 Å². The van der Waals surface area contributed by atoms with Crippen LogP contribution < -0.4 is 4.90 Å². The number of anilines is 1. The number of pyridine rings is 1. The molecule has 3 nitrogen and oxygen atoms in total. The van der Waals surface area contributed by atoms with E-state index < -0.39 is 0 Å². The molecule has 1 aliphatic carbocycles. The Balaban J connectivity index is 2.16. The normalized spacial score (nSPS) is 15.8. The molecule has 0 aromatic carbocycles. The fraction of sp³-hybridized carbons (Fsp3) is 0.667. The number of aliphatic hydroxyl groups is 1. The van der Waals surface area contributed by atoms with Gasteiger partial charge in [-0.15, -0.1) is 0 Å². The van der Waals surface area contributed by atoms with E-state index in [9.17, 15) is 5.11 Å². The molecule has 100 valence electrons. The third-order valence-electron chi connectivity index (χ3n) is 3.81. The van der Waals surface area contributed by atoms with E-state index in [1.54, 1.807) is 0 Å². The second-order valence-electron chi connectivity index (χ2n) is 5.75. The summed E-state index contributed by atoms with van der Waals surface area (Å²) >= 11 is 0. The number of aromatic nitrogens is 1. The Bertz CT molecular complexity index is 399. The van der Waals surface area contributed by atoms with E-state index >= 15 is 0 Å². The van der Waals surface area contributed by atoms with Crippen LogP contribution in [-0.4, -0.2) is 23.7 Å². The van der Waals surface area contributed by atoms with Crippen molar-refractivity contribution in [3.8, 4) is 0 Å². The predicted molar refractivity (Wildman–Crippen MR) is 74.9 cm³/mol. The Morgan fingerprint density at radius 2 is 2.11 bits per heavy atom. The average molecular weight is 248 g/mol. The molecule has 0 unspecified atom stereocenters. The smallest absolute Gasteiger partial charge is 0.128 e. The molecule has 1 heterocycles. The van der Waals surface area contributed by atoms with Crippen molar-refractivity contribution in [2.75, 3.05) is 18.5 Å². The van der Waals surface area contributed by atoms with Crippen LogP contribution in [0.25, 0.3) is 0 Å². The van der Waals surface area contributed by atoms with Gasteiger partial charge in [-0.25, -0.2) is 4.98 Å². The third kappa shape index (κ3) is 3.02. The van der Waals surface area contributed by atoms with Gasteiger partial charge in [-0.3, -0.25) is 0 Å². The van der Waals surface area contributed by atoms with Gasteiger partial charge in [-0.1, -0.05) is 20.3 Å². The van der Waals surface area contributed by atoms with Crippen LogP contribution in [0.3, 0.4) is 0 Å². The van der Waals surface area contributed by atoms with Crippen molar-refractivity contribution < 1.29 is 5.11 Å². The minimum absolute atomic E-state index is 0.0898. The van der Waals surface area contributed by atoms with Crippen molar-refractivity contribution in [3.63, 3.8) is 0 Å². The molecule has 0 amide bonds. The van der Waals surface area contributed by atoms with Gasteiger partial charge in [0, 0.05) is 19.3 Å². The zero-order valence-electron chi connectivity index (χ0n) is 11.7. The van der Waals surface area contributed by atoms with Crippen molar-refractivity contribution >= 4 is 5.82 Å². The minimum atomic E-state index is 0.0898.